The predicted molar refractivity (Wildman–Crippen MR) is 77.0 cm³/mol. The zero-order valence-electron chi connectivity index (χ0n) is 11.6. The Bertz CT molecular complexity index is 480. The SMILES string of the molecule is CC(C)(C)c1ccccc1OCC(C(N)=S)C(F)(F)F. The van der Waals surface area contributed by atoms with E-state index in [2.05, 4.69) is 12.2 Å². The van der Waals surface area contributed by atoms with Crippen LogP contribution in [0.15, 0.2) is 24.3 Å². The summed E-state index contributed by atoms with van der Waals surface area (Å²) in [5.41, 5.74) is 5.75. The number of halogens is 3. The monoisotopic (exact) mass is 305 g/mol. The molecule has 20 heavy (non-hydrogen) atoms. The third-order valence-electron chi connectivity index (χ3n) is 2.84. The lowest BCUT2D eigenvalue weighted by molar-refractivity contribution is -0.161. The smallest absolute Gasteiger partial charge is 0.401 e. The molecule has 0 saturated carbocycles. The summed E-state index contributed by atoms with van der Waals surface area (Å²) in [5.74, 6) is -1.52. The van der Waals surface area contributed by atoms with Crippen LogP contribution in [0.4, 0.5) is 13.2 Å². The van der Waals surface area contributed by atoms with Crippen molar-refractivity contribution >= 4 is 17.2 Å². The number of para-hydroxylation sites is 1. The summed E-state index contributed by atoms with van der Waals surface area (Å²) in [6.07, 6.45) is -4.50. The van der Waals surface area contributed by atoms with Crippen LogP contribution in [0, 0.1) is 5.92 Å². The highest BCUT2D eigenvalue weighted by Gasteiger charge is 2.42. The molecule has 6 heteroatoms. The molecule has 2 N–H and O–H groups in total. The normalized spacial score (nSPS) is 13.9. The standard InChI is InChI=1S/C14H18F3NOS/c1-13(2,3)9-6-4-5-7-11(9)19-8-10(12(18)20)14(15,16)17/h4-7,10H,8H2,1-3H3,(H2,18,20). The van der Waals surface area contributed by atoms with E-state index in [1.807, 2.05) is 32.9 Å². The van der Waals surface area contributed by atoms with Crippen LogP contribution in [-0.2, 0) is 5.41 Å². The van der Waals surface area contributed by atoms with E-state index in [0.717, 1.165) is 5.56 Å². The van der Waals surface area contributed by atoms with Crippen LogP contribution in [0.5, 0.6) is 5.75 Å². The van der Waals surface area contributed by atoms with E-state index in [-0.39, 0.29) is 5.41 Å². The Labute approximate surface area is 122 Å². The fourth-order valence-electron chi connectivity index (χ4n) is 1.72. The predicted octanol–water partition coefficient (Wildman–Crippen LogP) is 3.83. The first-order valence-corrected chi connectivity index (χ1v) is 6.52. The molecule has 0 radical (unpaired) electrons. The molecular weight excluding hydrogens is 287 g/mol. The van der Waals surface area contributed by atoms with E-state index in [1.54, 1.807) is 12.1 Å². The number of alkyl halides is 3. The maximum atomic E-state index is 12.8. The molecule has 0 bridgehead atoms. The van der Waals surface area contributed by atoms with Crippen molar-refractivity contribution in [3.63, 3.8) is 0 Å². The van der Waals surface area contributed by atoms with E-state index >= 15 is 0 Å². The second kappa shape index (κ2) is 5.99. The van der Waals surface area contributed by atoms with Crippen molar-refractivity contribution in [2.45, 2.75) is 32.4 Å². The van der Waals surface area contributed by atoms with E-state index < -0.39 is 23.7 Å². The van der Waals surface area contributed by atoms with Crippen LogP contribution in [0.2, 0.25) is 0 Å². The zero-order valence-corrected chi connectivity index (χ0v) is 12.4. The van der Waals surface area contributed by atoms with E-state index in [1.165, 1.54) is 0 Å². The molecule has 0 aliphatic heterocycles. The minimum Gasteiger partial charge on any atom is -0.492 e. The Morgan fingerprint density at radius 1 is 1.25 bits per heavy atom. The number of rotatable bonds is 4. The minimum atomic E-state index is -4.50. The lowest BCUT2D eigenvalue weighted by atomic mass is 9.86. The fourth-order valence-corrected chi connectivity index (χ4v) is 1.92. The van der Waals surface area contributed by atoms with Gasteiger partial charge in [-0.05, 0) is 17.0 Å². The molecule has 0 aliphatic rings. The van der Waals surface area contributed by atoms with Crippen molar-refractivity contribution < 1.29 is 17.9 Å². The molecule has 0 heterocycles. The van der Waals surface area contributed by atoms with E-state index in [0.29, 0.717) is 5.75 Å². The quantitative estimate of drug-likeness (QED) is 0.859. The Balaban J connectivity index is 2.93. The highest BCUT2D eigenvalue weighted by Crippen LogP contribution is 2.33. The third-order valence-corrected chi connectivity index (χ3v) is 3.12. The molecule has 2 nitrogen and oxygen atoms in total. The second-order valence-electron chi connectivity index (χ2n) is 5.55. The largest absolute Gasteiger partial charge is 0.492 e. The number of ether oxygens (including phenoxy) is 1. The minimum absolute atomic E-state index is 0.229. The van der Waals surface area contributed by atoms with Crippen LogP contribution in [0.25, 0.3) is 0 Å². The molecule has 1 unspecified atom stereocenters. The van der Waals surface area contributed by atoms with Gasteiger partial charge in [-0.1, -0.05) is 51.2 Å². The lowest BCUT2D eigenvalue weighted by Gasteiger charge is -2.25. The highest BCUT2D eigenvalue weighted by molar-refractivity contribution is 7.80. The van der Waals surface area contributed by atoms with Crippen LogP contribution in [0.1, 0.15) is 26.3 Å². The number of hydrogen-bond donors (Lipinski definition) is 1. The molecule has 0 aromatic heterocycles. The molecule has 0 spiro atoms. The van der Waals surface area contributed by atoms with Gasteiger partial charge in [0.2, 0.25) is 0 Å². The first-order chi connectivity index (χ1) is 9.03. The Morgan fingerprint density at radius 2 is 1.80 bits per heavy atom. The van der Waals surface area contributed by atoms with Crippen molar-refractivity contribution in [3.05, 3.63) is 29.8 Å². The lowest BCUT2D eigenvalue weighted by Crippen LogP contribution is -2.38. The Hall–Kier alpha value is -1.30. The van der Waals surface area contributed by atoms with Gasteiger partial charge < -0.3 is 10.5 Å². The summed E-state index contributed by atoms with van der Waals surface area (Å²) in [7, 11) is 0. The average molecular weight is 305 g/mol. The third kappa shape index (κ3) is 4.37. The van der Waals surface area contributed by atoms with Crippen molar-refractivity contribution in [3.8, 4) is 5.75 Å². The van der Waals surface area contributed by atoms with Gasteiger partial charge in [0, 0.05) is 0 Å². The van der Waals surface area contributed by atoms with Crippen molar-refractivity contribution in [2.24, 2.45) is 11.7 Å². The summed E-state index contributed by atoms with van der Waals surface area (Å²) in [6, 6.07) is 7.02. The van der Waals surface area contributed by atoms with Gasteiger partial charge >= 0.3 is 6.18 Å². The van der Waals surface area contributed by atoms with Gasteiger partial charge in [-0.2, -0.15) is 13.2 Å². The zero-order chi connectivity index (χ0) is 15.6. The Kier molecular flexibility index (Phi) is 5.02. The summed E-state index contributed by atoms with van der Waals surface area (Å²) in [5, 5.41) is 0. The molecule has 0 aliphatic carbocycles. The average Bonchev–Trinajstić information content (AvgIpc) is 2.26. The van der Waals surface area contributed by atoms with Gasteiger partial charge in [-0.25, -0.2) is 0 Å². The maximum Gasteiger partial charge on any atom is 0.401 e. The van der Waals surface area contributed by atoms with Crippen LogP contribution < -0.4 is 10.5 Å². The van der Waals surface area contributed by atoms with Crippen molar-refractivity contribution in [2.75, 3.05) is 6.61 Å². The van der Waals surface area contributed by atoms with Gasteiger partial charge in [0.15, 0.2) is 0 Å². The molecule has 0 fully saturated rings. The number of hydrogen-bond acceptors (Lipinski definition) is 2. The van der Waals surface area contributed by atoms with Gasteiger partial charge in [-0.3, -0.25) is 0 Å². The van der Waals surface area contributed by atoms with Crippen molar-refractivity contribution in [1.82, 2.24) is 0 Å². The van der Waals surface area contributed by atoms with Gasteiger partial charge in [0.25, 0.3) is 0 Å². The molecule has 0 amide bonds. The number of thiocarbonyl (C=S) groups is 1. The van der Waals surface area contributed by atoms with E-state index in [4.69, 9.17) is 10.5 Å². The molecule has 1 rings (SSSR count). The van der Waals surface area contributed by atoms with Crippen molar-refractivity contribution in [1.29, 1.82) is 0 Å². The molecule has 1 atom stereocenters. The molecule has 0 saturated heterocycles. The molecule has 1 aromatic rings. The summed E-state index contributed by atoms with van der Waals surface area (Å²) in [4.78, 5) is -0.606. The Morgan fingerprint density at radius 3 is 2.25 bits per heavy atom. The maximum absolute atomic E-state index is 12.8. The first kappa shape index (κ1) is 16.8. The van der Waals surface area contributed by atoms with Gasteiger partial charge in [0.05, 0.1) is 4.99 Å². The number of nitrogens with two attached hydrogens (primary N) is 1. The number of benzene rings is 1. The highest BCUT2D eigenvalue weighted by atomic mass is 32.1. The van der Waals surface area contributed by atoms with Crippen LogP contribution >= 0.6 is 12.2 Å². The second-order valence-corrected chi connectivity index (χ2v) is 6.03. The van der Waals surface area contributed by atoms with E-state index in [9.17, 15) is 13.2 Å². The first-order valence-electron chi connectivity index (χ1n) is 6.12. The summed E-state index contributed by atoms with van der Waals surface area (Å²) < 4.78 is 43.6. The fraction of sp³-hybridized carbons (Fsp3) is 0.500. The van der Waals surface area contributed by atoms with Gasteiger partial charge in [0.1, 0.15) is 18.3 Å². The summed E-state index contributed by atoms with van der Waals surface area (Å²) >= 11 is 4.46. The molecule has 112 valence electrons. The van der Waals surface area contributed by atoms with Crippen LogP contribution in [0.3, 0.4) is 0 Å². The molecule has 1 aromatic carbocycles. The summed E-state index contributed by atoms with van der Waals surface area (Å²) in [6.45, 7) is 5.28. The topological polar surface area (TPSA) is 35.2 Å². The van der Waals surface area contributed by atoms with Crippen LogP contribution in [-0.4, -0.2) is 17.8 Å². The van der Waals surface area contributed by atoms with Gasteiger partial charge in [-0.15, -0.1) is 0 Å². The molecular formula is C14H18F3NOS.